The van der Waals surface area contributed by atoms with Gasteiger partial charge >= 0.3 is 0 Å². The fraction of sp³-hybridized carbons (Fsp3) is 0.700. The monoisotopic (exact) mass is 211 g/mol. The molecule has 1 N–H and O–H groups in total. The molecule has 0 aliphatic carbocycles. The SMILES string of the molecule is CC1(C)CN(Cc2nccs2)CCN1. The van der Waals surface area contributed by atoms with Gasteiger partial charge in [0, 0.05) is 36.8 Å². The van der Waals surface area contributed by atoms with Crippen molar-refractivity contribution in [3.8, 4) is 0 Å². The highest BCUT2D eigenvalue weighted by atomic mass is 32.1. The van der Waals surface area contributed by atoms with Gasteiger partial charge in [0.15, 0.2) is 0 Å². The van der Waals surface area contributed by atoms with Gasteiger partial charge in [0.2, 0.25) is 0 Å². The molecule has 0 amide bonds. The van der Waals surface area contributed by atoms with Gasteiger partial charge in [-0.15, -0.1) is 11.3 Å². The van der Waals surface area contributed by atoms with E-state index in [9.17, 15) is 0 Å². The molecule has 1 fully saturated rings. The van der Waals surface area contributed by atoms with Crippen LogP contribution in [0.5, 0.6) is 0 Å². The van der Waals surface area contributed by atoms with E-state index in [-0.39, 0.29) is 5.54 Å². The molecule has 4 heteroatoms. The summed E-state index contributed by atoms with van der Waals surface area (Å²) in [6.07, 6.45) is 1.88. The molecule has 0 spiro atoms. The van der Waals surface area contributed by atoms with E-state index in [4.69, 9.17) is 0 Å². The summed E-state index contributed by atoms with van der Waals surface area (Å²) < 4.78 is 0. The van der Waals surface area contributed by atoms with Crippen LogP contribution in [0.15, 0.2) is 11.6 Å². The van der Waals surface area contributed by atoms with E-state index in [1.165, 1.54) is 5.01 Å². The van der Waals surface area contributed by atoms with E-state index in [0.717, 1.165) is 26.2 Å². The first-order valence-corrected chi connectivity index (χ1v) is 5.89. The average Bonchev–Trinajstić information content (AvgIpc) is 2.54. The molecule has 0 atom stereocenters. The number of piperazine rings is 1. The van der Waals surface area contributed by atoms with E-state index in [1.54, 1.807) is 11.3 Å². The van der Waals surface area contributed by atoms with Crippen LogP contribution in [-0.4, -0.2) is 35.1 Å². The van der Waals surface area contributed by atoms with Crippen LogP contribution in [0.25, 0.3) is 0 Å². The Morgan fingerprint density at radius 3 is 3.14 bits per heavy atom. The third-order valence-electron chi connectivity index (χ3n) is 2.49. The second-order valence-corrected chi connectivity index (χ2v) is 5.43. The van der Waals surface area contributed by atoms with Gasteiger partial charge in [-0.25, -0.2) is 4.98 Å². The normalized spacial score (nSPS) is 22.4. The van der Waals surface area contributed by atoms with Crippen LogP contribution in [0, 0.1) is 0 Å². The van der Waals surface area contributed by atoms with Crippen LogP contribution in [0.2, 0.25) is 0 Å². The molecule has 1 aromatic rings. The number of hydrogen-bond donors (Lipinski definition) is 1. The topological polar surface area (TPSA) is 28.2 Å². The number of hydrogen-bond acceptors (Lipinski definition) is 4. The summed E-state index contributed by atoms with van der Waals surface area (Å²) in [7, 11) is 0. The molecule has 1 aromatic heterocycles. The minimum atomic E-state index is 0.246. The van der Waals surface area contributed by atoms with Crippen molar-refractivity contribution < 1.29 is 0 Å². The zero-order chi connectivity index (χ0) is 10.0. The van der Waals surface area contributed by atoms with E-state index in [2.05, 4.69) is 29.0 Å². The average molecular weight is 211 g/mol. The first-order chi connectivity index (χ1) is 6.66. The minimum Gasteiger partial charge on any atom is -0.309 e. The van der Waals surface area contributed by atoms with Crippen molar-refractivity contribution in [1.82, 2.24) is 15.2 Å². The first-order valence-electron chi connectivity index (χ1n) is 5.01. The predicted octanol–water partition coefficient (Wildman–Crippen LogP) is 1.33. The van der Waals surface area contributed by atoms with Gasteiger partial charge < -0.3 is 5.32 Å². The molecule has 3 nitrogen and oxygen atoms in total. The van der Waals surface area contributed by atoms with Crippen molar-refractivity contribution in [2.45, 2.75) is 25.9 Å². The second kappa shape index (κ2) is 3.96. The quantitative estimate of drug-likeness (QED) is 0.800. The fourth-order valence-electron chi connectivity index (χ4n) is 1.90. The van der Waals surface area contributed by atoms with Crippen LogP contribution in [-0.2, 0) is 6.54 Å². The third-order valence-corrected chi connectivity index (χ3v) is 3.26. The van der Waals surface area contributed by atoms with Crippen LogP contribution < -0.4 is 5.32 Å². The lowest BCUT2D eigenvalue weighted by Gasteiger charge is -2.38. The lowest BCUT2D eigenvalue weighted by molar-refractivity contribution is 0.148. The summed E-state index contributed by atoms with van der Waals surface area (Å²) in [6.45, 7) is 8.82. The van der Waals surface area contributed by atoms with Crippen LogP contribution in [0.1, 0.15) is 18.9 Å². The molecule has 0 saturated carbocycles. The standard InChI is InChI=1S/C10H17N3S/c1-10(2)8-13(5-3-12-10)7-9-11-4-6-14-9/h4,6,12H,3,5,7-8H2,1-2H3. The molecule has 2 rings (SSSR count). The van der Waals surface area contributed by atoms with Gasteiger partial charge in [0.25, 0.3) is 0 Å². The molecule has 0 unspecified atom stereocenters. The highest BCUT2D eigenvalue weighted by Gasteiger charge is 2.25. The Balaban J connectivity index is 1.92. The Morgan fingerprint density at radius 1 is 1.64 bits per heavy atom. The van der Waals surface area contributed by atoms with Crippen molar-refractivity contribution in [1.29, 1.82) is 0 Å². The Kier molecular flexibility index (Phi) is 2.85. The van der Waals surface area contributed by atoms with E-state index in [0.29, 0.717) is 0 Å². The summed E-state index contributed by atoms with van der Waals surface area (Å²) in [5.74, 6) is 0. The molecule has 2 heterocycles. The largest absolute Gasteiger partial charge is 0.309 e. The fourth-order valence-corrected chi connectivity index (χ4v) is 2.56. The number of rotatable bonds is 2. The maximum absolute atomic E-state index is 4.31. The summed E-state index contributed by atoms with van der Waals surface area (Å²) in [4.78, 5) is 6.78. The predicted molar refractivity (Wildman–Crippen MR) is 59.5 cm³/mol. The molecule has 0 aromatic carbocycles. The van der Waals surface area contributed by atoms with Gasteiger partial charge in [0.1, 0.15) is 5.01 Å². The third kappa shape index (κ3) is 2.53. The summed E-state index contributed by atoms with van der Waals surface area (Å²) in [6, 6.07) is 0. The maximum atomic E-state index is 4.31. The van der Waals surface area contributed by atoms with Gasteiger partial charge in [-0.3, -0.25) is 4.90 Å². The van der Waals surface area contributed by atoms with E-state index < -0.39 is 0 Å². The molecule has 0 radical (unpaired) electrons. The number of nitrogens with one attached hydrogen (secondary N) is 1. The van der Waals surface area contributed by atoms with Crippen molar-refractivity contribution in [2.24, 2.45) is 0 Å². The zero-order valence-corrected chi connectivity index (χ0v) is 9.60. The molecule has 1 aliphatic rings. The van der Waals surface area contributed by atoms with Crippen LogP contribution >= 0.6 is 11.3 Å². The smallest absolute Gasteiger partial charge is 0.107 e. The Labute approximate surface area is 89.1 Å². The number of thiazole rings is 1. The molecule has 1 aliphatic heterocycles. The zero-order valence-electron chi connectivity index (χ0n) is 8.79. The van der Waals surface area contributed by atoms with Gasteiger partial charge in [-0.1, -0.05) is 0 Å². The van der Waals surface area contributed by atoms with Crippen molar-refractivity contribution in [3.63, 3.8) is 0 Å². The first kappa shape index (κ1) is 10.1. The van der Waals surface area contributed by atoms with Crippen molar-refractivity contribution in [2.75, 3.05) is 19.6 Å². The van der Waals surface area contributed by atoms with Gasteiger partial charge in [0.05, 0.1) is 6.54 Å². The molecular weight excluding hydrogens is 194 g/mol. The highest BCUT2D eigenvalue weighted by molar-refractivity contribution is 7.09. The second-order valence-electron chi connectivity index (χ2n) is 4.45. The van der Waals surface area contributed by atoms with Crippen LogP contribution in [0.3, 0.4) is 0 Å². The summed E-state index contributed by atoms with van der Waals surface area (Å²) in [5, 5.41) is 6.78. The molecule has 14 heavy (non-hydrogen) atoms. The maximum Gasteiger partial charge on any atom is 0.107 e. The summed E-state index contributed by atoms with van der Waals surface area (Å²) in [5.41, 5.74) is 0.246. The number of nitrogens with zero attached hydrogens (tertiary/aromatic N) is 2. The molecule has 1 saturated heterocycles. The molecular formula is C10H17N3S. The molecule has 0 bridgehead atoms. The van der Waals surface area contributed by atoms with Gasteiger partial charge in [-0.2, -0.15) is 0 Å². The van der Waals surface area contributed by atoms with Gasteiger partial charge in [-0.05, 0) is 13.8 Å². The number of aromatic nitrogens is 1. The Bertz CT molecular complexity index is 282. The van der Waals surface area contributed by atoms with Crippen LogP contribution in [0.4, 0.5) is 0 Å². The van der Waals surface area contributed by atoms with Crippen molar-refractivity contribution in [3.05, 3.63) is 16.6 Å². The van der Waals surface area contributed by atoms with Crippen molar-refractivity contribution >= 4 is 11.3 Å². The lowest BCUT2D eigenvalue weighted by atomic mass is 10.0. The highest BCUT2D eigenvalue weighted by Crippen LogP contribution is 2.14. The summed E-state index contributed by atoms with van der Waals surface area (Å²) >= 11 is 1.74. The van der Waals surface area contributed by atoms with E-state index >= 15 is 0 Å². The lowest BCUT2D eigenvalue weighted by Crippen LogP contribution is -2.56. The Hall–Kier alpha value is -0.450. The Morgan fingerprint density at radius 2 is 2.50 bits per heavy atom. The molecule has 78 valence electrons. The van der Waals surface area contributed by atoms with E-state index in [1.807, 2.05) is 11.6 Å². The minimum absolute atomic E-state index is 0.246.